The molecule has 0 amide bonds. The summed E-state index contributed by atoms with van der Waals surface area (Å²) in [6.45, 7) is 4.49. The first-order valence-corrected chi connectivity index (χ1v) is 10.8. The van der Waals surface area contributed by atoms with E-state index < -0.39 is 23.3 Å². The lowest BCUT2D eigenvalue weighted by atomic mass is 9.85. The SMILES string of the molecule is C[C@@H](N1CCCN(c2ccc(C#N)cn2)CC1)[C@](O)(Cn1cncn1)c1ccc(F)cc1F. The van der Waals surface area contributed by atoms with Gasteiger partial charge in [0.1, 0.15) is 41.8 Å². The smallest absolute Gasteiger partial charge is 0.137 e. The van der Waals surface area contributed by atoms with Gasteiger partial charge in [-0.15, -0.1) is 0 Å². The van der Waals surface area contributed by atoms with Crippen LogP contribution in [0.1, 0.15) is 24.5 Å². The Balaban J connectivity index is 1.58. The fourth-order valence-electron chi connectivity index (χ4n) is 4.34. The van der Waals surface area contributed by atoms with Crippen LogP contribution < -0.4 is 4.90 Å². The van der Waals surface area contributed by atoms with Crippen LogP contribution in [0.5, 0.6) is 0 Å². The number of anilines is 1. The van der Waals surface area contributed by atoms with Crippen molar-refractivity contribution in [3.8, 4) is 6.07 Å². The highest BCUT2D eigenvalue weighted by Gasteiger charge is 2.42. The Labute approximate surface area is 190 Å². The van der Waals surface area contributed by atoms with Crippen molar-refractivity contribution in [2.75, 3.05) is 31.1 Å². The lowest BCUT2D eigenvalue weighted by molar-refractivity contribution is -0.0622. The molecule has 3 aromatic rings. The fourth-order valence-corrected chi connectivity index (χ4v) is 4.34. The molecule has 2 atom stereocenters. The van der Waals surface area contributed by atoms with E-state index in [0.717, 1.165) is 30.9 Å². The van der Waals surface area contributed by atoms with Gasteiger partial charge in [0.2, 0.25) is 0 Å². The van der Waals surface area contributed by atoms with Crippen molar-refractivity contribution < 1.29 is 13.9 Å². The molecule has 0 spiro atoms. The van der Waals surface area contributed by atoms with Crippen LogP contribution in [0.2, 0.25) is 0 Å². The Morgan fingerprint density at radius 1 is 1.18 bits per heavy atom. The monoisotopic (exact) mass is 453 g/mol. The summed E-state index contributed by atoms with van der Waals surface area (Å²) >= 11 is 0. The maximum atomic E-state index is 14.8. The fraction of sp³-hybridized carbons (Fsp3) is 0.391. The van der Waals surface area contributed by atoms with Crippen molar-refractivity contribution in [1.82, 2.24) is 24.6 Å². The summed E-state index contributed by atoms with van der Waals surface area (Å²) < 4.78 is 29.9. The minimum absolute atomic E-state index is 0.0155. The van der Waals surface area contributed by atoms with E-state index in [0.29, 0.717) is 25.2 Å². The number of rotatable bonds is 6. The summed E-state index contributed by atoms with van der Waals surface area (Å²) in [6, 6.07) is 8.36. The average molecular weight is 453 g/mol. The Bertz CT molecular complexity index is 1120. The van der Waals surface area contributed by atoms with E-state index >= 15 is 0 Å². The normalized spacial score (nSPS) is 17.7. The second kappa shape index (κ2) is 9.60. The number of pyridine rings is 1. The van der Waals surface area contributed by atoms with E-state index in [2.05, 4.69) is 30.9 Å². The lowest BCUT2D eigenvalue weighted by Gasteiger charge is -2.41. The summed E-state index contributed by atoms with van der Waals surface area (Å²) in [5.74, 6) is -0.721. The van der Waals surface area contributed by atoms with Crippen molar-refractivity contribution in [1.29, 1.82) is 5.26 Å². The Hall–Kier alpha value is -3.42. The molecule has 1 aliphatic rings. The number of halogens is 2. The molecule has 1 fully saturated rings. The van der Waals surface area contributed by atoms with Crippen LogP contribution in [0, 0.1) is 23.0 Å². The standard InChI is InChI=1S/C23H25F2N7O/c1-17(30-7-2-8-31(10-9-30)22-6-3-18(12-26)13-28-22)23(33,14-32-16-27-15-29-32)20-5-4-19(24)11-21(20)25/h3-6,11,13,15-17,33H,2,7-10,14H2,1H3/t17-,23-/m1/s1. The molecule has 8 nitrogen and oxygen atoms in total. The maximum absolute atomic E-state index is 14.8. The zero-order chi connectivity index (χ0) is 23.4. The lowest BCUT2D eigenvalue weighted by Crippen LogP contribution is -2.53. The Kier molecular flexibility index (Phi) is 6.62. The third-order valence-corrected chi connectivity index (χ3v) is 6.24. The molecular formula is C23H25F2N7O. The molecule has 10 heteroatoms. The second-order valence-corrected chi connectivity index (χ2v) is 8.21. The number of nitrogens with zero attached hydrogens (tertiary/aromatic N) is 7. The molecule has 172 valence electrons. The van der Waals surface area contributed by atoms with Crippen molar-refractivity contribution in [3.63, 3.8) is 0 Å². The molecule has 4 rings (SSSR count). The van der Waals surface area contributed by atoms with Gasteiger partial charge in [0.15, 0.2) is 0 Å². The summed E-state index contributed by atoms with van der Waals surface area (Å²) in [6.07, 6.45) is 5.16. The molecule has 0 unspecified atom stereocenters. The van der Waals surface area contributed by atoms with Crippen LogP contribution >= 0.6 is 0 Å². The largest absolute Gasteiger partial charge is 0.381 e. The third-order valence-electron chi connectivity index (χ3n) is 6.24. The van der Waals surface area contributed by atoms with Gasteiger partial charge in [-0.2, -0.15) is 10.4 Å². The molecule has 0 radical (unpaired) electrons. The minimum atomic E-state index is -1.67. The number of benzene rings is 1. The van der Waals surface area contributed by atoms with Gasteiger partial charge >= 0.3 is 0 Å². The first-order chi connectivity index (χ1) is 15.9. The number of hydrogen-bond acceptors (Lipinski definition) is 7. The minimum Gasteiger partial charge on any atom is -0.381 e. The summed E-state index contributed by atoms with van der Waals surface area (Å²) in [5.41, 5.74) is -1.15. The van der Waals surface area contributed by atoms with Crippen molar-refractivity contribution in [2.45, 2.75) is 31.5 Å². The van der Waals surface area contributed by atoms with Crippen LogP contribution in [0.25, 0.3) is 0 Å². The number of hydrogen-bond donors (Lipinski definition) is 1. The summed E-state index contributed by atoms with van der Waals surface area (Å²) in [5, 5.41) is 24.9. The highest BCUT2D eigenvalue weighted by molar-refractivity contribution is 5.42. The Morgan fingerprint density at radius 2 is 2.03 bits per heavy atom. The summed E-state index contributed by atoms with van der Waals surface area (Å²) in [7, 11) is 0. The zero-order valence-corrected chi connectivity index (χ0v) is 18.3. The molecule has 1 aromatic carbocycles. The van der Waals surface area contributed by atoms with Crippen molar-refractivity contribution in [3.05, 3.63) is 71.9 Å². The van der Waals surface area contributed by atoms with Crippen LogP contribution in [-0.4, -0.2) is 62.0 Å². The first kappa shape index (κ1) is 22.8. The molecule has 3 heterocycles. The molecule has 2 aromatic heterocycles. The van der Waals surface area contributed by atoms with Crippen molar-refractivity contribution >= 4 is 5.82 Å². The van der Waals surface area contributed by atoms with Gasteiger partial charge in [-0.1, -0.05) is 6.07 Å². The maximum Gasteiger partial charge on any atom is 0.137 e. The van der Waals surface area contributed by atoms with E-state index in [4.69, 9.17) is 5.26 Å². The zero-order valence-electron chi connectivity index (χ0n) is 18.3. The molecule has 0 saturated carbocycles. The van der Waals surface area contributed by atoms with Gasteiger partial charge < -0.3 is 10.0 Å². The number of aliphatic hydroxyl groups is 1. The molecule has 1 saturated heterocycles. The topological polar surface area (TPSA) is 94.1 Å². The van der Waals surface area contributed by atoms with Crippen LogP contribution in [0.15, 0.2) is 49.2 Å². The van der Waals surface area contributed by atoms with Gasteiger partial charge in [-0.05, 0) is 31.5 Å². The van der Waals surface area contributed by atoms with Gasteiger partial charge in [0, 0.05) is 50.0 Å². The molecule has 0 bridgehead atoms. The second-order valence-electron chi connectivity index (χ2n) is 8.21. The van der Waals surface area contributed by atoms with Gasteiger partial charge in [-0.25, -0.2) is 23.4 Å². The van der Waals surface area contributed by atoms with Crippen molar-refractivity contribution in [2.24, 2.45) is 0 Å². The average Bonchev–Trinajstić information content (AvgIpc) is 3.19. The quantitative estimate of drug-likeness (QED) is 0.612. The van der Waals surface area contributed by atoms with E-state index in [1.165, 1.54) is 23.4 Å². The molecular weight excluding hydrogens is 428 g/mol. The molecule has 33 heavy (non-hydrogen) atoms. The predicted molar refractivity (Wildman–Crippen MR) is 117 cm³/mol. The Morgan fingerprint density at radius 3 is 2.70 bits per heavy atom. The van der Waals surface area contributed by atoms with Crippen LogP contribution in [0.4, 0.5) is 14.6 Å². The number of nitriles is 1. The molecule has 1 aliphatic heterocycles. The van der Waals surface area contributed by atoms with E-state index in [1.54, 1.807) is 12.3 Å². The van der Waals surface area contributed by atoms with E-state index in [9.17, 15) is 13.9 Å². The third kappa shape index (κ3) is 4.84. The van der Waals surface area contributed by atoms with Gasteiger partial charge in [-0.3, -0.25) is 4.90 Å². The predicted octanol–water partition coefficient (Wildman–Crippen LogP) is 2.31. The summed E-state index contributed by atoms with van der Waals surface area (Å²) in [4.78, 5) is 12.5. The van der Waals surface area contributed by atoms with Crippen LogP contribution in [-0.2, 0) is 12.1 Å². The first-order valence-electron chi connectivity index (χ1n) is 10.8. The van der Waals surface area contributed by atoms with E-state index in [-0.39, 0.29) is 12.1 Å². The highest BCUT2D eigenvalue weighted by atomic mass is 19.1. The highest BCUT2D eigenvalue weighted by Crippen LogP contribution is 2.33. The molecule has 1 N–H and O–H groups in total. The van der Waals surface area contributed by atoms with E-state index in [1.807, 2.05) is 13.0 Å². The molecule has 0 aliphatic carbocycles. The van der Waals surface area contributed by atoms with Gasteiger partial charge in [0.25, 0.3) is 0 Å². The number of aromatic nitrogens is 4. The van der Waals surface area contributed by atoms with Gasteiger partial charge in [0.05, 0.1) is 12.1 Å². The van der Waals surface area contributed by atoms with Crippen LogP contribution in [0.3, 0.4) is 0 Å².